The lowest BCUT2D eigenvalue weighted by molar-refractivity contribution is 0.302. The Kier molecular flexibility index (Phi) is 2.40. The summed E-state index contributed by atoms with van der Waals surface area (Å²) in [5.41, 5.74) is 0.647. The number of fused-ring (bicyclic) bond motifs is 1. The molecule has 0 unspecified atom stereocenters. The molecule has 1 saturated heterocycles. The summed E-state index contributed by atoms with van der Waals surface area (Å²) in [4.78, 5) is 2.37. The highest BCUT2D eigenvalue weighted by atomic mass is 19.1. The van der Waals surface area contributed by atoms with Gasteiger partial charge in [0.15, 0.2) is 0 Å². The molecule has 1 fully saturated rings. The van der Waals surface area contributed by atoms with Gasteiger partial charge < -0.3 is 4.42 Å². The lowest BCUT2D eigenvalue weighted by Gasteiger charge is -2.11. The van der Waals surface area contributed by atoms with E-state index in [4.69, 9.17) is 4.42 Å². The van der Waals surface area contributed by atoms with Crippen molar-refractivity contribution in [3.05, 3.63) is 35.8 Å². The molecule has 16 heavy (non-hydrogen) atoms. The van der Waals surface area contributed by atoms with Crippen molar-refractivity contribution in [3.8, 4) is 0 Å². The molecular formula is C13H14FNO. The number of likely N-dealkylation sites (tertiary alicyclic amines) is 1. The van der Waals surface area contributed by atoms with Gasteiger partial charge in [0, 0.05) is 11.5 Å². The fraction of sp³-hybridized carbons (Fsp3) is 0.385. The monoisotopic (exact) mass is 219 g/mol. The van der Waals surface area contributed by atoms with Gasteiger partial charge in [-0.2, -0.15) is 0 Å². The number of furan rings is 1. The van der Waals surface area contributed by atoms with Gasteiger partial charge in [-0.3, -0.25) is 4.90 Å². The van der Waals surface area contributed by atoms with E-state index in [1.807, 2.05) is 6.07 Å². The maximum Gasteiger partial charge on any atom is 0.137 e. The summed E-state index contributed by atoms with van der Waals surface area (Å²) in [5, 5.41) is 0.982. The second kappa shape index (κ2) is 3.91. The quantitative estimate of drug-likeness (QED) is 0.771. The van der Waals surface area contributed by atoms with E-state index in [0.717, 1.165) is 30.8 Å². The van der Waals surface area contributed by atoms with Gasteiger partial charge in [-0.1, -0.05) is 0 Å². The average Bonchev–Trinajstić information content (AvgIpc) is 2.86. The van der Waals surface area contributed by atoms with Gasteiger partial charge in [-0.15, -0.1) is 0 Å². The van der Waals surface area contributed by atoms with E-state index in [0.29, 0.717) is 5.58 Å². The van der Waals surface area contributed by atoms with Crippen molar-refractivity contribution >= 4 is 11.0 Å². The molecule has 0 saturated carbocycles. The SMILES string of the molecule is Fc1ccc2cc(CN3CCCC3)oc2c1. The van der Waals surface area contributed by atoms with Crippen molar-refractivity contribution in [1.29, 1.82) is 0 Å². The highest BCUT2D eigenvalue weighted by molar-refractivity contribution is 5.77. The lowest BCUT2D eigenvalue weighted by atomic mass is 10.2. The molecule has 0 amide bonds. The van der Waals surface area contributed by atoms with Crippen LogP contribution in [0, 0.1) is 5.82 Å². The van der Waals surface area contributed by atoms with E-state index in [-0.39, 0.29) is 5.82 Å². The zero-order valence-electron chi connectivity index (χ0n) is 9.08. The highest BCUT2D eigenvalue weighted by Gasteiger charge is 2.14. The number of nitrogens with zero attached hydrogens (tertiary/aromatic N) is 1. The Hall–Kier alpha value is -1.35. The van der Waals surface area contributed by atoms with Crippen molar-refractivity contribution < 1.29 is 8.81 Å². The zero-order chi connectivity index (χ0) is 11.0. The topological polar surface area (TPSA) is 16.4 Å². The number of benzene rings is 1. The molecule has 1 aromatic carbocycles. The Balaban J connectivity index is 1.86. The molecule has 2 heterocycles. The van der Waals surface area contributed by atoms with E-state index < -0.39 is 0 Å². The van der Waals surface area contributed by atoms with Crippen LogP contribution in [-0.2, 0) is 6.54 Å². The summed E-state index contributed by atoms with van der Waals surface area (Å²) >= 11 is 0. The summed E-state index contributed by atoms with van der Waals surface area (Å²) in [7, 11) is 0. The van der Waals surface area contributed by atoms with E-state index in [9.17, 15) is 4.39 Å². The summed E-state index contributed by atoms with van der Waals surface area (Å²) in [6, 6.07) is 6.69. The molecule has 0 radical (unpaired) electrons. The molecule has 0 aliphatic carbocycles. The molecule has 84 valence electrons. The van der Waals surface area contributed by atoms with Crippen molar-refractivity contribution in [1.82, 2.24) is 4.90 Å². The summed E-state index contributed by atoms with van der Waals surface area (Å²) in [6.45, 7) is 3.13. The van der Waals surface area contributed by atoms with Gasteiger partial charge in [0.05, 0.1) is 6.54 Å². The third-order valence-corrected chi connectivity index (χ3v) is 3.11. The van der Waals surface area contributed by atoms with E-state index in [1.54, 1.807) is 6.07 Å². The van der Waals surface area contributed by atoms with Crippen LogP contribution in [-0.4, -0.2) is 18.0 Å². The van der Waals surface area contributed by atoms with Gasteiger partial charge in [0.1, 0.15) is 17.2 Å². The lowest BCUT2D eigenvalue weighted by Crippen LogP contribution is -2.17. The van der Waals surface area contributed by atoms with Gasteiger partial charge >= 0.3 is 0 Å². The molecule has 2 nitrogen and oxygen atoms in total. The largest absolute Gasteiger partial charge is 0.460 e. The first kappa shape index (κ1) is 9.85. The molecule has 0 bridgehead atoms. The molecule has 1 aliphatic heterocycles. The first-order valence-corrected chi connectivity index (χ1v) is 5.71. The van der Waals surface area contributed by atoms with Gasteiger partial charge in [0.25, 0.3) is 0 Å². The standard InChI is InChI=1S/C13H14FNO/c14-11-4-3-10-7-12(16-13(10)8-11)9-15-5-1-2-6-15/h3-4,7-8H,1-2,5-6,9H2. The van der Waals surface area contributed by atoms with Crippen molar-refractivity contribution in [3.63, 3.8) is 0 Å². The number of rotatable bonds is 2. The van der Waals surface area contributed by atoms with Crippen molar-refractivity contribution in [2.24, 2.45) is 0 Å². The minimum Gasteiger partial charge on any atom is -0.460 e. The van der Waals surface area contributed by atoms with E-state index in [1.165, 1.54) is 25.0 Å². The van der Waals surface area contributed by atoms with Crippen LogP contribution in [0.5, 0.6) is 0 Å². The van der Waals surface area contributed by atoms with E-state index >= 15 is 0 Å². The average molecular weight is 219 g/mol. The van der Waals surface area contributed by atoms with Crippen LogP contribution in [0.15, 0.2) is 28.7 Å². The molecule has 0 spiro atoms. The Bertz CT molecular complexity index is 500. The van der Waals surface area contributed by atoms with Gasteiger partial charge in [-0.25, -0.2) is 4.39 Å². The second-order valence-corrected chi connectivity index (χ2v) is 4.38. The predicted molar refractivity (Wildman–Crippen MR) is 60.7 cm³/mol. The molecule has 3 heteroatoms. The first-order valence-electron chi connectivity index (χ1n) is 5.71. The third-order valence-electron chi connectivity index (χ3n) is 3.11. The van der Waals surface area contributed by atoms with E-state index in [2.05, 4.69) is 4.90 Å². The highest BCUT2D eigenvalue weighted by Crippen LogP contribution is 2.22. The Morgan fingerprint density at radius 1 is 1.19 bits per heavy atom. The first-order chi connectivity index (χ1) is 7.81. The van der Waals surface area contributed by atoms with Crippen molar-refractivity contribution in [2.45, 2.75) is 19.4 Å². The minimum atomic E-state index is -0.241. The molecule has 0 atom stereocenters. The summed E-state index contributed by atoms with van der Waals surface area (Å²) < 4.78 is 18.6. The van der Waals surface area contributed by atoms with Crippen LogP contribution in [0.4, 0.5) is 4.39 Å². The maximum absolute atomic E-state index is 13.0. The van der Waals surface area contributed by atoms with Crippen LogP contribution in [0.25, 0.3) is 11.0 Å². The van der Waals surface area contributed by atoms with Crippen LogP contribution in [0.3, 0.4) is 0 Å². The number of hydrogen-bond acceptors (Lipinski definition) is 2. The molecule has 1 aliphatic rings. The molecule has 2 aromatic rings. The van der Waals surface area contributed by atoms with Crippen LogP contribution in [0.1, 0.15) is 18.6 Å². The fourth-order valence-corrected chi connectivity index (χ4v) is 2.30. The van der Waals surface area contributed by atoms with Crippen LogP contribution in [0.2, 0.25) is 0 Å². The normalized spacial score (nSPS) is 17.3. The zero-order valence-corrected chi connectivity index (χ0v) is 9.08. The van der Waals surface area contributed by atoms with Gasteiger partial charge in [0.2, 0.25) is 0 Å². The Morgan fingerprint density at radius 3 is 2.81 bits per heavy atom. The molecule has 3 rings (SSSR count). The van der Waals surface area contributed by atoms with Crippen LogP contribution < -0.4 is 0 Å². The summed E-state index contributed by atoms with van der Waals surface area (Å²) in [6.07, 6.45) is 2.55. The maximum atomic E-state index is 13.0. The van der Waals surface area contributed by atoms with Crippen LogP contribution >= 0.6 is 0 Å². The predicted octanol–water partition coefficient (Wildman–Crippen LogP) is 3.17. The van der Waals surface area contributed by atoms with Crippen molar-refractivity contribution in [2.75, 3.05) is 13.1 Å². The Labute approximate surface area is 93.7 Å². The molecule has 1 aromatic heterocycles. The van der Waals surface area contributed by atoms with Gasteiger partial charge in [-0.05, 0) is 44.1 Å². The third kappa shape index (κ3) is 1.83. The Morgan fingerprint density at radius 2 is 2.00 bits per heavy atom. The smallest absolute Gasteiger partial charge is 0.137 e. The minimum absolute atomic E-state index is 0.241. The fourth-order valence-electron chi connectivity index (χ4n) is 2.30. The number of hydrogen-bond donors (Lipinski definition) is 0. The number of halogens is 1. The molecule has 0 N–H and O–H groups in total. The summed E-state index contributed by atoms with van der Waals surface area (Å²) in [5.74, 6) is 0.692. The second-order valence-electron chi connectivity index (χ2n) is 4.38. The molecular weight excluding hydrogens is 205 g/mol.